The minimum atomic E-state index is 0.0840. The predicted octanol–water partition coefficient (Wildman–Crippen LogP) is 2.78. The molecule has 1 aromatic carbocycles. The van der Waals surface area contributed by atoms with Gasteiger partial charge in [0.05, 0.1) is 5.92 Å². The molecule has 1 aromatic heterocycles. The first-order valence-electron chi connectivity index (χ1n) is 11.1. The van der Waals surface area contributed by atoms with E-state index in [4.69, 9.17) is 0 Å². The Bertz CT molecular complexity index is 821. The number of likely N-dealkylation sites (tertiary alicyclic amines) is 2. The van der Waals surface area contributed by atoms with Gasteiger partial charge in [-0.3, -0.25) is 19.6 Å². The molecule has 1 amide bonds. The summed E-state index contributed by atoms with van der Waals surface area (Å²) in [5.41, 5.74) is 2.20. The normalized spacial score (nSPS) is 21.4. The van der Waals surface area contributed by atoms with Crippen LogP contribution in [0, 0.1) is 5.92 Å². The third kappa shape index (κ3) is 5.58. The number of rotatable bonds is 6. The maximum atomic E-state index is 12.7. The number of hydrogen-bond acceptors (Lipinski definition) is 5. The monoisotopic (exact) mass is 408 g/mol. The zero-order chi connectivity index (χ0) is 20.8. The van der Waals surface area contributed by atoms with Crippen LogP contribution in [0.2, 0.25) is 0 Å². The van der Waals surface area contributed by atoms with Crippen molar-refractivity contribution in [2.24, 2.45) is 5.92 Å². The summed E-state index contributed by atoms with van der Waals surface area (Å²) in [7, 11) is 0. The summed E-state index contributed by atoms with van der Waals surface area (Å²) in [4.78, 5) is 21.8. The van der Waals surface area contributed by atoms with E-state index in [1.807, 2.05) is 24.3 Å². The summed E-state index contributed by atoms with van der Waals surface area (Å²) in [5.74, 6) is 0.592. The predicted molar refractivity (Wildman–Crippen MR) is 117 cm³/mol. The Morgan fingerprint density at radius 1 is 1.10 bits per heavy atom. The molecule has 0 bridgehead atoms. The van der Waals surface area contributed by atoms with Crippen LogP contribution in [0.25, 0.3) is 0 Å². The van der Waals surface area contributed by atoms with Gasteiger partial charge in [-0.2, -0.15) is 0 Å². The first kappa shape index (κ1) is 20.8. The van der Waals surface area contributed by atoms with E-state index in [1.165, 1.54) is 0 Å². The number of phenols is 1. The maximum absolute atomic E-state index is 12.7. The molecule has 2 fully saturated rings. The number of piperidine rings is 2. The van der Waals surface area contributed by atoms with Gasteiger partial charge < -0.3 is 10.4 Å². The van der Waals surface area contributed by atoms with Crippen LogP contribution in [0.5, 0.6) is 5.75 Å². The van der Waals surface area contributed by atoms with Crippen molar-refractivity contribution in [3.8, 4) is 5.75 Å². The Hall–Kier alpha value is -2.44. The van der Waals surface area contributed by atoms with Crippen molar-refractivity contribution < 1.29 is 9.90 Å². The topological polar surface area (TPSA) is 68.7 Å². The van der Waals surface area contributed by atoms with Crippen LogP contribution >= 0.6 is 0 Å². The number of hydrogen-bond donors (Lipinski definition) is 2. The van der Waals surface area contributed by atoms with Crippen LogP contribution in [0.15, 0.2) is 48.8 Å². The Morgan fingerprint density at radius 3 is 2.70 bits per heavy atom. The highest BCUT2D eigenvalue weighted by atomic mass is 16.3. The van der Waals surface area contributed by atoms with Crippen molar-refractivity contribution >= 4 is 5.91 Å². The zero-order valence-electron chi connectivity index (χ0n) is 17.5. The minimum Gasteiger partial charge on any atom is -0.508 e. The molecule has 160 valence electrons. The van der Waals surface area contributed by atoms with Gasteiger partial charge in [0.25, 0.3) is 0 Å². The van der Waals surface area contributed by atoms with Gasteiger partial charge in [-0.1, -0.05) is 18.2 Å². The smallest absolute Gasteiger partial charge is 0.224 e. The van der Waals surface area contributed by atoms with E-state index in [2.05, 4.69) is 26.2 Å². The summed E-state index contributed by atoms with van der Waals surface area (Å²) in [6.07, 6.45) is 7.91. The number of phenolic OH excluding ortho intramolecular Hbond substituents is 1. The SMILES string of the molecule is O=C(NCc1cccnc1)[C@H]1CCCN(C2CCN(Cc3cccc(O)c3)CC2)C1. The summed E-state index contributed by atoms with van der Waals surface area (Å²) in [6, 6.07) is 12.0. The van der Waals surface area contributed by atoms with E-state index in [-0.39, 0.29) is 11.8 Å². The van der Waals surface area contributed by atoms with E-state index in [1.54, 1.807) is 18.5 Å². The van der Waals surface area contributed by atoms with Crippen LogP contribution in [0.3, 0.4) is 0 Å². The van der Waals surface area contributed by atoms with E-state index >= 15 is 0 Å². The molecular weight excluding hydrogens is 376 g/mol. The lowest BCUT2D eigenvalue weighted by Crippen LogP contribution is -2.50. The van der Waals surface area contributed by atoms with Crippen LogP contribution in [0.4, 0.5) is 0 Å². The van der Waals surface area contributed by atoms with Crippen LogP contribution < -0.4 is 5.32 Å². The Labute approximate surface area is 178 Å². The summed E-state index contributed by atoms with van der Waals surface area (Å²) >= 11 is 0. The minimum absolute atomic E-state index is 0.0840. The molecule has 0 saturated carbocycles. The second-order valence-corrected chi connectivity index (χ2v) is 8.59. The number of nitrogens with one attached hydrogen (secondary N) is 1. The lowest BCUT2D eigenvalue weighted by atomic mass is 9.93. The number of pyridine rings is 1. The van der Waals surface area contributed by atoms with Gasteiger partial charge in [0.2, 0.25) is 5.91 Å². The molecule has 2 aliphatic rings. The molecule has 2 aliphatic heterocycles. The molecule has 0 unspecified atom stereocenters. The van der Waals surface area contributed by atoms with Crippen molar-refractivity contribution in [3.63, 3.8) is 0 Å². The molecule has 0 spiro atoms. The summed E-state index contributed by atoms with van der Waals surface area (Å²) in [6.45, 7) is 5.54. The highest BCUT2D eigenvalue weighted by Crippen LogP contribution is 2.25. The van der Waals surface area contributed by atoms with Crippen molar-refractivity contribution in [2.45, 2.75) is 44.8 Å². The molecule has 6 heteroatoms. The quantitative estimate of drug-likeness (QED) is 0.769. The zero-order valence-corrected chi connectivity index (χ0v) is 17.5. The lowest BCUT2D eigenvalue weighted by molar-refractivity contribution is -0.127. The van der Waals surface area contributed by atoms with Gasteiger partial charge in [-0.25, -0.2) is 0 Å². The van der Waals surface area contributed by atoms with Gasteiger partial charge in [0.1, 0.15) is 5.75 Å². The average Bonchev–Trinajstić information content (AvgIpc) is 2.79. The summed E-state index contributed by atoms with van der Waals surface area (Å²) < 4.78 is 0. The Morgan fingerprint density at radius 2 is 1.93 bits per heavy atom. The van der Waals surface area contributed by atoms with E-state index < -0.39 is 0 Å². The van der Waals surface area contributed by atoms with Gasteiger partial charge in [-0.05, 0) is 74.6 Å². The largest absolute Gasteiger partial charge is 0.508 e. The Kier molecular flexibility index (Phi) is 6.97. The lowest BCUT2D eigenvalue weighted by Gasteiger charge is -2.42. The number of aromatic nitrogens is 1. The number of carbonyl (C=O) groups is 1. The van der Waals surface area contributed by atoms with Crippen molar-refractivity contribution in [2.75, 3.05) is 26.2 Å². The molecule has 2 aromatic rings. The van der Waals surface area contributed by atoms with Crippen LogP contribution in [0.1, 0.15) is 36.8 Å². The fourth-order valence-corrected chi connectivity index (χ4v) is 4.74. The number of benzene rings is 1. The molecule has 4 rings (SSSR count). The van der Waals surface area contributed by atoms with E-state index in [0.29, 0.717) is 18.3 Å². The second kappa shape index (κ2) is 10.0. The third-order valence-corrected chi connectivity index (χ3v) is 6.40. The van der Waals surface area contributed by atoms with E-state index in [0.717, 1.165) is 69.5 Å². The van der Waals surface area contributed by atoms with Gasteiger partial charge in [0, 0.05) is 38.1 Å². The van der Waals surface area contributed by atoms with Crippen molar-refractivity contribution in [1.29, 1.82) is 0 Å². The fraction of sp³-hybridized carbons (Fsp3) is 0.500. The number of aromatic hydroxyl groups is 1. The maximum Gasteiger partial charge on any atom is 0.224 e. The van der Waals surface area contributed by atoms with Crippen LogP contribution in [-0.4, -0.2) is 58.0 Å². The molecule has 6 nitrogen and oxygen atoms in total. The highest BCUT2D eigenvalue weighted by molar-refractivity contribution is 5.78. The first-order chi connectivity index (χ1) is 14.7. The van der Waals surface area contributed by atoms with Gasteiger partial charge >= 0.3 is 0 Å². The third-order valence-electron chi connectivity index (χ3n) is 6.40. The fourth-order valence-electron chi connectivity index (χ4n) is 4.74. The van der Waals surface area contributed by atoms with Crippen molar-refractivity contribution in [1.82, 2.24) is 20.1 Å². The highest BCUT2D eigenvalue weighted by Gasteiger charge is 2.31. The standard InChI is InChI=1S/C24H32N4O2/c29-23-7-1-4-19(14-23)17-27-12-8-22(9-13-27)28-11-3-6-21(18-28)24(30)26-16-20-5-2-10-25-15-20/h1-2,4-5,7,10,14-15,21-22,29H,3,6,8-9,11-13,16-18H2,(H,26,30)/t21-/m0/s1. The molecule has 3 heterocycles. The number of carbonyl (C=O) groups excluding carboxylic acids is 1. The molecular formula is C24H32N4O2. The molecule has 30 heavy (non-hydrogen) atoms. The van der Waals surface area contributed by atoms with Gasteiger partial charge in [-0.15, -0.1) is 0 Å². The van der Waals surface area contributed by atoms with Crippen LogP contribution in [-0.2, 0) is 17.9 Å². The molecule has 2 N–H and O–H groups in total. The Balaban J connectivity index is 1.23. The first-order valence-corrected chi connectivity index (χ1v) is 11.1. The number of nitrogens with zero attached hydrogens (tertiary/aromatic N) is 3. The van der Waals surface area contributed by atoms with Gasteiger partial charge in [0.15, 0.2) is 0 Å². The molecule has 1 atom stereocenters. The summed E-state index contributed by atoms with van der Waals surface area (Å²) in [5, 5.41) is 12.8. The van der Waals surface area contributed by atoms with E-state index in [9.17, 15) is 9.90 Å². The second-order valence-electron chi connectivity index (χ2n) is 8.59. The molecule has 2 saturated heterocycles. The average molecular weight is 409 g/mol. The molecule has 0 aliphatic carbocycles. The van der Waals surface area contributed by atoms with Crippen molar-refractivity contribution in [3.05, 3.63) is 59.9 Å². The molecule has 0 radical (unpaired) electrons. The number of amides is 1.